The highest BCUT2D eigenvalue weighted by Crippen LogP contribution is 2.29. The van der Waals surface area contributed by atoms with Gasteiger partial charge in [0.1, 0.15) is 12.2 Å². The zero-order chi connectivity index (χ0) is 19.1. The number of thioether (sulfide) groups is 1. The van der Waals surface area contributed by atoms with Gasteiger partial charge < -0.3 is 19.5 Å². The molecule has 0 saturated carbocycles. The lowest BCUT2D eigenvalue weighted by atomic mass is 9.98. The number of hydrogen-bond acceptors (Lipinski definition) is 6. The summed E-state index contributed by atoms with van der Waals surface area (Å²) in [6.07, 6.45) is 1.46. The van der Waals surface area contributed by atoms with Crippen molar-refractivity contribution < 1.29 is 14.6 Å². The second-order valence-electron chi connectivity index (χ2n) is 7.30. The van der Waals surface area contributed by atoms with E-state index in [9.17, 15) is 5.11 Å². The summed E-state index contributed by atoms with van der Waals surface area (Å²) in [6, 6.07) is 6.10. The van der Waals surface area contributed by atoms with Crippen LogP contribution in [0.25, 0.3) is 0 Å². The van der Waals surface area contributed by atoms with Crippen LogP contribution in [-0.4, -0.2) is 79.0 Å². The second kappa shape index (κ2) is 9.70. The summed E-state index contributed by atoms with van der Waals surface area (Å²) in [7, 11) is 3.82. The normalized spacial score (nSPS) is 20.6. The third-order valence-electron chi connectivity index (χ3n) is 5.17. The third-order valence-corrected chi connectivity index (χ3v) is 6.16. The monoisotopic (exact) mass is 390 g/mol. The zero-order valence-corrected chi connectivity index (χ0v) is 17.2. The van der Waals surface area contributed by atoms with E-state index in [0.29, 0.717) is 11.5 Å². The van der Waals surface area contributed by atoms with Crippen molar-refractivity contribution in [2.24, 2.45) is 0 Å². The first-order chi connectivity index (χ1) is 13.1. The zero-order valence-electron chi connectivity index (χ0n) is 16.4. The summed E-state index contributed by atoms with van der Waals surface area (Å²) in [6.45, 7) is 5.55. The molecule has 0 radical (unpaired) electrons. The van der Waals surface area contributed by atoms with Gasteiger partial charge in [0.2, 0.25) is 0 Å². The van der Waals surface area contributed by atoms with Crippen LogP contribution in [-0.2, 0) is 6.54 Å². The SMILES string of the molecule is COc1ccc(CN2CCN(C)CC2)cc1OCC#CC1(O)CCSCC1. The number of likely N-dealkylation sites (N-methyl/N-ethyl adjacent to an activating group) is 1. The molecule has 2 heterocycles. The standard InChI is InChI=1S/C21H30N2O3S/c1-22-9-11-23(12-10-22)17-18-4-5-19(25-2)20(16-18)26-13-3-6-21(24)7-14-27-15-8-21/h4-5,16,24H,7-15,17H2,1-2H3. The summed E-state index contributed by atoms with van der Waals surface area (Å²) < 4.78 is 11.3. The van der Waals surface area contributed by atoms with Crippen LogP contribution in [0.4, 0.5) is 0 Å². The number of benzene rings is 1. The van der Waals surface area contributed by atoms with Crippen LogP contribution in [0.5, 0.6) is 11.5 Å². The van der Waals surface area contributed by atoms with Crippen molar-refractivity contribution >= 4 is 11.8 Å². The van der Waals surface area contributed by atoms with Gasteiger partial charge in [0.25, 0.3) is 0 Å². The fourth-order valence-electron chi connectivity index (χ4n) is 3.34. The molecule has 2 fully saturated rings. The Hall–Kier alpha value is -1.39. The Kier molecular flexibility index (Phi) is 7.31. The van der Waals surface area contributed by atoms with Gasteiger partial charge >= 0.3 is 0 Å². The van der Waals surface area contributed by atoms with Gasteiger partial charge in [0, 0.05) is 32.7 Å². The van der Waals surface area contributed by atoms with E-state index in [4.69, 9.17) is 9.47 Å². The molecular formula is C21H30N2O3S. The molecule has 0 aromatic heterocycles. The van der Waals surface area contributed by atoms with Crippen LogP contribution in [0.2, 0.25) is 0 Å². The number of ether oxygens (including phenoxy) is 2. The molecule has 2 saturated heterocycles. The molecule has 0 aliphatic carbocycles. The van der Waals surface area contributed by atoms with E-state index in [1.807, 2.05) is 23.9 Å². The first kappa shape index (κ1) is 20.3. The van der Waals surface area contributed by atoms with Gasteiger partial charge in [-0.15, -0.1) is 0 Å². The van der Waals surface area contributed by atoms with E-state index in [1.54, 1.807) is 7.11 Å². The van der Waals surface area contributed by atoms with Gasteiger partial charge in [-0.2, -0.15) is 11.8 Å². The lowest BCUT2D eigenvalue weighted by Gasteiger charge is -2.32. The lowest BCUT2D eigenvalue weighted by molar-refractivity contribution is 0.0925. The van der Waals surface area contributed by atoms with E-state index in [1.165, 1.54) is 5.56 Å². The van der Waals surface area contributed by atoms with Gasteiger partial charge in [-0.05, 0) is 49.1 Å². The van der Waals surface area contributed by atoms with Crippen LogP contribution < -0.4 is 9.47 Å². The number of rotatable bonds is 5. The number of hydrogen-bond donors (Lipinski definition) is 1. The van der Waals surface area contributed by atoms with E-state index in [2.05, 4.69) is 34.8 Å². The van der Waals surface area contributed by atoms with Crippen molar-refractivity contribution in [1.82, 2.24) is 9.80 Å². The van der Waals surface area contributed by atoms with Gasteiger partial charge in [0.05, 0.1) is 7.11 Å². The summed E-state index contributed by atoms with van der Waals surface area (Å²) in [5, 5.41) is 10.4. The summed E-state index contributed by atoms with van der Waals surface area (Å²) >= 11 is 1.87. The van der Waals surface area contributed by atoms with Crippen LogP contribution in [0.1, 0.15) is 18.4 Å². The average Bonchev–Trinajstić information content (AvgIpc) is 2.68. The molecule has 0 amide bonds. The molecule has 2 aliphatic heterocycles. The highest BCUT2D eigenvalue weighted by molar-refractivity contribution is 7.99. The Morgan fingerprint density at radius 1 is 1.15 bits per heavy atom. The van der Waals surface area contributed by atoms with E-state index in [0.717, 1.165) is 57.1 Å². The molecule has 0 unspecified atom stereocenters. The van der Waals surface area contributed by atoms with E-state index < -0.39 is 5.60 Å². The highest BCUT2D eigenvalue weighted by Gasteiger charge is 2.26. The Morgan fingerprint density at radius 2 is 1.89 bits per heavy atom. The van der Waals surface area contributed by atoms with Gasteiger partial charge in [-0.3, -0.25) is 4.90 Å². The molecule has 6 heteroatoms. The summed E-state index contributed by atoms with van der Waals surface area (Å²) in [5.41, 5.74) is 0.369. The van der Waals surface area contributed by atoms with E-state index in [-0.39, 0.29) is 6.61 Å². The molecule has 0 bridgehead atoms. The predicted molar refractivity (Wildman–Crippen MR) is 111 cm³/mol. The molecule has 0 spiro atoms. The first-order valence-electron chi connectivity index (χ1n) is 9.59. The molecule has 148 valence electrons. The van der Waals surface area contributed by atoms with Gasteiger partial charge in [0.15, 0.2) is 11.5 Å². The van der Waals surface area contributed by atoms with Crippen molar-refractivity contribution in [2.45, 2.75) is 25.0 Å². The van der Waals surface area contributed by atoms with Crippen molar-refractivity contribution in [3.05, 3.63) is 23.8 Å². The van der Waals surface area contributed by atoms with Crippen molar-refractivity contribution in [3.63, 3.8) is 0 Å². The fraction of sp³-hybridized carbons (Fsp3) is 0.619. The van der Waals surface area contributed by atoms with Crippen LogP contribution in [0.15, 0.2) is 18.2 Å². The molecule has 2 aliphatic rings. The fourth-order valence-corrected chi connectivity index (χ4v) is 4.51. The van der Waals surface area contributed by atoms with Crippen LogP contribution in [0.3, 0.4) is 0 Å². The first-order valence-corrected chi connectivity index (χ1v) is 10.7. The smallest absolute Gasteiger partial charge is 0.162 e. The topological polar surface area (TPSA) is 45.2 Å². The van der Waals surface area contributed by atoms with E-state index >= 15 is 0 Å². The molecule has 1 aromatic carbocycles. The Balaban J connectivity index is 1.58. The molecule has 5 nitrogen and oxygen atoms in total. The maximum atomic E-state index is 10.4. The number of aliphatic hydroxyl groups is 1. The largest absolute Gasteiger partial charge is 0.493 e. The van der Waals surface area contributed by atoms with Crippen molar-refractivity contribution in [2.75, 3.05) is 58.4 Å². The molecule has 27 heavy (non-hydrogen) atoms. The molecular weight excluding hydrogens is 360 g/mol. The average molecular weight is 391 g/mol. The molecule has 3 rings (SSSR count). The number of piperazine rings is 1. The quantitative estimate of drug-likeness (QED) is 0.777. The number of nitrogens with zero attached hydrogens (tertiary/aromatic N) is 2. The van der Waals surface area contributed by atoms with Crippen molar-refractivity contribution in [3.8, 4) is 23.3 Å². The molecule has 0 atom stereocenters. The second-order valence-corrected chi connectivity index (χ2v) is 8.52. The Bertz CT molecular complexity index is 672. The molecule has 1 N–H and O–H groups in total. The highest BCUT2D eigenvalue weighted by atomic mass is 32.2. The van der Waals surface area contributed by atoms with Crippen LogP contribution in [0, 0.1) is 11.8 Å². The minimum Gasteiger partial charge on any atom is -0.493 e. The molecule has 1 aromatic rings. The predicted octanol–water partition coefficient (Wildman–Crippen LogP) is 2.08. The maximum absolute atomic E-state index is 10.4. The Labute approximate surface area is 167 Å². The number of methoxy groups -OCH3 is 1. The Morgan fingerprint density at radius 3 is 2.59 bits per heavy atom. The van der Waals surface area contributed by atoms with Crippen molar-refractivity contribution in [1.29, 1.82) is 0 Å². The third kappa shape index (κ3) is 6.05. The minimum atomic E-state index is -0.845. The summed E-state index contributed by atoms with van der Waals surface area (Å²) in [4.78, 5) is 4.82. The van der Waals surface area contributed by atoms with Crippen LogP contribution >= 0.6 is 11.8 Å². The lowest BCUT2D eigenvalue weighted by Crippen LogP contribution is -2.43. The summed E-state index contributed by atoms with van der Waals surface area (Å²) in [5.74, 6) is 9.36. The maximum Gasteiger partial charge on any atom is 0.162 e. The minimum absolute atomic E-state index is 0.254. The van der Waals surface area contributed by atoms with Gasteiger partial charge in [-0.1, -0.05) is 17.9 Å². The van der Waals surface area contributed by atoms with Gasteiger partial charge in [-0.25, -0.2) is 0 Å².